The predicted molar refractivity (Wildman–Crippen MR) is 48.5 cm³/mol. The molecule has 0 amide bonds. The van der Waals surface area contributed by atoms with Gasteiger partial charge in [0, 0.05) is 6.20 Å². The standard InChI is InChI=1S/C9H9N3O/c1-2-13-9-8-7(11-6-12-9)4-3-5-10-8/h3-6H,2H2,1H3. The van der Waals surface area contributed by atoms with Gasteiger partial charge in [-0.1, -0.05) is 0 Å². The quantitative estimate of drug-likeness (QED) is 0.692. The molecule has 0 saturated carbocycles. The number of fused-ring (bicyclic) bond motifs is 1. The number of pyridine rings is 1. The highest BCUT2D eigenvalue weighted by molar-refractivity contribution is 5.78. The predicted octanol–water partition coefficient (Wildman–Crippen LogP) is 1.42. The normalized spacial score (nSPS) is 10.2. The van der Waals surface area contributed by atoms with E-state index in [0.29, 0.717) is 18.0 Å². The lowest BCUT2D eigenvalue weighted by atomic mass is 10.3. The Bertz CT molecular complexity index is 411. The second kappa shape index (κ2) is 3.35. The summed E-state index contributed by atoms with van der Waals surface area (Å²) in [6, 6.07) is 3.72. The zero-order valence-electron chi connectivity index (χ0n) is 7.27. The third-order valence-electron chi connectivity index (χ3n) is 1.64. The summed E-state index contributed by atoms with van der Waals surface area (Å²) in [4.78, 5) is 12.2. The van der Waals surface area contributed by atoms with Gasteiger partial charge in [-0.3, -0.25) is 0 Å². The summed E-state index contributed by atoms with van der Waals surface area (Å²) in [5.41, 5.74) is 1.52. The summed E-state index contributed by atoms with van der Waals surface area (Å²) in [6.07, 6.45) is 3.18. The van der Waals surface area contributed by atoms with Crippen LogP contribution in [0.5, 0.6) is 5.88 Å². The number of nitrogens with zero attached hydrogens (tertiary/aromatic N) is 3. The lowest BCUT2D eigenvalue weighted by Gasteiger charge is -2.02. The summed E-state index contributed by atoms with van der Waals surface area (Å²) in [5, 5.41) is 0. The summed E-state index contributed by atoms with van der Waals surface area (Å²) in [7, 11) is 0. The Morgan fingerprint density at radius 2 is 2.23 bits per heavy atom. The van der Waals surface area contributed by atoms with E-state index in [1.165, 1.54) is 6.33 Å². The summed E-state index contributed by atoms with van der Waals surface area (Å²) in [6.45, 7) is 2.50. The molecule has 4 heteroatoms. The molecule has 0 aliphatic heterocycles. The van der Waals surface area contributed by atoms with Crippen LogP contribution in [0.15, 0.2) is 24.7 Å². The third-order valence-corrected chi connectivity index (χ3v) is 1.64. The van der Waals surface area contributed by atoms with Crippen molar-refractivity contribution in [3.63, 3.8) is 0 Å². The maximum absolute atomic E-state index is 5.31. The van der Waals surface area contributed by atoms with Gasteiger partial charge in [0.15, 0.2) is 5.52 Å². The van der Waals surface area contributed by atoms with Crippen LogP contribution in [0.1, 0.15) is 6.92 Å². The minimum Gasteiger partial charge on any atom is -0.476 e. The maximum atomic E-state index is 5.31. The minimum absolute atomic E-state index is 0.549. The highest BCUT2D eigenvalue weighted by Gasteiger charge is 2.03. The second-order valence-corrected chi connectivity index (χ2v) is 2.48. The molecule has 0 bridgehead atoms. The van der Waals surface area contributed by atoms with E-state index in [2.05, 4.69) is 15.0 Å². The summed E-state index contributed by atoms with van der Waals surface area (Å²) in [5.74, 6) is 0.549. The highest BCUT2D eigenvalue weighted by Crippen LogP contribution is 2.17. The van der Waals surface area contributed by atoms with Crippen LogP contribution in [0.4, 0.5) is 0 Å². The van der Waals surface area contributed by atoms with Crippen LogP contribution < -0.4 is 4.74 Å². The van der Waals surface area contributed by atoms with E-state index in [9.17, 15) is 0 Å². The molecule has 13 heavy (non-hydrogen) atoms. The van der Waals surface area contributed by atoms with Gasteiger partial charge in [0.05, 0.1) is 12.1 Å². The fourth-order valence-electron chi connectivity index (χ4n) is 1.11. The Labute approximate surface area is 75.6 Å². The monoisotopic (exact) mass is 175 g/mol. The summed E-state index contributed by atoms with van der Waals surface area (Å²) >= 11 is 0. The summed E-state index contributed by atoms with van der Waals surface area (Å²) < 4.78 is 5.31. The van der Waals surface area contributed by atoms with Crippen molar-refractivity contribution in [2.45, 2.75) is 6.92 Å². The molecule has 0 atom stereocenters. The first-order valence-corrected chi connectivity index (χ1v) is 4.10. The largest absolute Gasteiger partial charge is 0.476 e. The minimum atomic E-state index is 0.549. The van der Waals surface area contributed by atoms with E-state index in [1.54, 1.807) is 6.20 Å². The fraction of sp³-hybridized carbons (Fsp3) is 0.222. The number of ether oxygens (including phenoxy) is 1. The van der Waals surface area contributed by atoms with Crippen molar-refractivity contribution < 1.29 is 4.74 Å². The number of rotatable bonds is 2. The van der Waals surface area contributed by atoms with Crippen LogP contribution >= 0.6 is 0 Å². The van der Waals surface area contributed by atoms with Gasteiger partial charge in [-0.05, 0) is 19.1 Å². The molecule has 4 nitrogen and oxygen atoms in total. The molecule has 2 aromatic heterocycles. The number of hydrogen-bond acceptors (Lipinski definition) is 4. The first-order chi connectivity index (χ1) is 6.42. The molecule has 0 spiro atoms. The van der Waals surface area contributed by atoms with E-state index >= 15 is 0 Å². The van der Waals surface area contributed by atoms with Crippen LogP contribution in [-0.4, -0.2) is 21.6 Å². The highest BCUT2D eigenvalue weighted by atomic mass is 16.5. The smallest absolute Gasteiger partial charge is 0.243 e. The average Bonchev–Trinajstić information content (AvgIpc) is 2.19. The first-order valence-electron chi connectivity index (χ1n) is 4.10. The maximum Gasteiger partial charge on any atom is 0.243 e. The van der Waals surface area contributed by atoms with Crippen LogP contribution in [-0.2, 0) is 0 Å². The molecule has 0 radical (unpaired) electrons. The van der Waals surface area contributed by atoms with Crippen LogP contribution in [0.25, 0.3) is 11.0 Å². The average molecular weight is 175 g/mol. The molecule has 0 aliphatic carbocycles. The van der Waals surface area contributed by atoms with Crippen molar-refractivity contribution in [1.29, 1.82) is 0 Å². The molecule has 0 aromatic carbocycles. The molecule has 0 N–H and O–H groups in total. The third kappa shape index (κ3) is 1.42. The SMILES string of the molecule is CCOc1ncnc2cccnc12. The lowest BCUT2D eigenvalue weighted by molar-refractivity contribution is 0.330. The molecular formula is C9H9N3O. The Morgan fingerprint density at radius 1 is 1.31 bits per heavy atom. The van der Waals surface area contributed by atoms with E-state index in [-0.39, 0.29) is 0 Å². The molecule has 2 aromatic rings. The van der Waals surface area contributed by atoms with Gasteiger partial charge in [0.2, 0.25) is 5.88 Å². The molecular weight excluding hydrogens is 166 g/mol. The molecule has 0 fully saturated rings. The lowest BCUT2D eigenvalue weighted by Crippen LogP contribution is -1.97. The van der Waals surface area contributed by atoms with Gasteiger partial charge in [-0.25, -0.2) is 9.97 Å². The van der Waals surface area contributed by atoms with E-state index in [0.717, 1.165) is 5.52 Å². The van der Waals surface area contributed by atoms with Crippen LogP contribution in [0, 0.1) is 0 Å². The van der Waals surface area contributed by atoms with Crippen molar-refractivity contribution in [3.05, 3.63) is 24.7 Å². The van der Waals surface area contributed by atoms with Gasteiger partial charge in [-0.15, -0.1) is 0 Å². The molecule has 0 unspecified atom stereocenters. The van der Waals surface area contributed by atoms with Gasteiger partial charge in [-0.2, -0.15) is 4.98 Å². The van der Waals surface area contributed by atoms with Crippen LogP contribution in [0.3, 0.4) is 0 Å². The van der Waals surface area contributed by atoms with Crippen molar-refractivity contribution in [1.82, 2.24) is 15.0 Å². The van der Waals surface area contributed by atoms with Crippen molar-refractivity contribution in [3.8, 4) is 5.88 Å². The fourth-order valence-corrected chi connectivity index (χ4v) is 1.11. The Hall–Kier alpha value is -1.71. The van der Waals surface area contributed by atoms with Crippen molar-refractivity contribution in [2.75, 3.05) is 6.61 Å². The zero-order valence-corrected chi connectivity index (χ0v) is 7.27. The van der Waals surface area contributed by atoms with Gasteiger partial charge >= 0.3 is 0 Å². The Balaban J connectivity index is 2.61. The molecule has 0 aliphatic rings. The van der Waals surface area contributed by atoms with E-state index in [1.807, 2.05) is 19.1 Å². The zero-order chi connectivity index (χ0) is 9.10. The molecule has 2 heterocycles. The van der Waals surface area contributed by atoms with Gasteiger partial charge in [0.25, 0.3) is 0 Å². The Morgan fingerprint density at radius 3 is 3.08 bits per heavy atom. The first kappa shape index (κ1) is 7.91. The number of hydrogen-bond donors (Lipinski definition) is 0. The van der Waals surface area contributed by atoms with Crippen molar-refractivity contribution in [2.24, 2.45) is 0 Å². The van der Waals surface area contributed by atoms with Gasteiger partial charge in [0.1, 0.15) is 6.33 Å². The molecule has 2 rings (SSSR count). The van der Waals surface area contributed by atoms with E-state index < -0.39 is 0 Å². The molecule has 0 saturated heterocycles. The molecule has 66 valence electrons. The number of aromatic nitrogens is 3. The Kier molecular flexibility index (Phi) is 2.04. The van der Waals surface area contributed by atoms with Gasteiger partial charge < -0.3 is 4.74 Å². The van der Waals surface area contributed by atoms with Crippen molar-refractivity contribution >= 4 is 11.0 Å². The second-order valence-electron chi connectivity index (χ2n) is 2.48. The topological polar surface area (TPSA) is 47.9 Å². The van der Waals surface area contributed by atoms with Crippen LogP contribution in [0.2, 0.25) is 0 Å². The van der Waals surface area contributed by atoms with E-state index in [4.69, 9.17) is 4.74 Å².